The highest BCUT2D eigenvalue weighted by molar-refractivity contribution is 7.92. The Morgan fingerprint density at radius 1 is 1.03 bits per heavy atom. The Morgan fingerprint density at radius 2 is 1.79 bits per heavy atom. The molecule has 1 amide bonds. The molecule has 0 atom stereocenters. The minimum absolute atomic E-state index is 0.114. The Kier molecular flexibility index (Phi) is 4.35. The van der Waals surface area contributed by atoms with Gasteiger partial charge in [-0.15, -0.1) is 0 Å². The monoisotopic (exact) mass is 409 g/mol. The molecule has 6 nitrogen and oxygen atoms in total. The van der Waals surface area contributed by atoms with E-state index in [-0.39, 0.29) is 11.9 Å². The summed E-state index contributed by atoms with van der Waals surface area (Å²) in [5, 5.41) is 3.80. The summed E-state index contributed by atoms with van der Waals surface area (Å²) < 4.78 is 28.2. The van der Waals surface area contributed by atoms with Crippen molar-refractivity contribution < 1.29 is 13.2 Å². The number of benzene rings is 2. The number of nitrogens with zero attached hydrogens (tertiary/aromatic N) is 1. The molecule has 7 heteroatoms. The highest BCUT2D eigenvalue weighted by Crippen LogP contribution is 2.35. The maximum Gasteiger partial charge on any atom is 0.267 e. The van der Waals surface area contributed by atoms with E-state index in [1.165, 1.54) is 4.31 Å². The molecule has 2 fully saturated rings. The first-order valence-corrected chi connectivity index (χ1v) is 11.5. The molecule has 29 heavy (non-hydrogen) atoms. The Morgan fingerprint density at radius 3 is 2.48 bits per heavy atom. The van der Waals surface area contributed by atoms with Gasteiger partial charge in [0, 0.05) is 23.5 Å². The minimum Gasteiger partial charge on any atom is -0.351 e. The molecule has 150 valence electrons. The van der Waals surface area contributed by atoms with Gasteiger partial charge in [0.05, 0.1) is 10.6 Å². The molecule has 2 N–H and O–H groups in total. The fourth-order valence-electron chi connectivity index (χ4n) is 3.49. The summed E-state index contributed by atoms with van der Waals surface area (Å²) in [6.45, 7) is 0.474. The van der Waals surface area contributed by atoms with Crippen molar-refractivity contribution in [3.63, 3.8) is 0 Å². The number of carbonyl (C=O) groups excluding carboxylic acids is 1. The lowest BCUT2D eigenvalue weighted by atomic mass is 10.2. The number of rotatable bonds is 7. The van der Waals surface area contributed by atoms with Gasteiger partial charge in [0.1, 0.15) is 5.69 Å². The van der Waals surface area contributed by atoms with Gasteiger partial charge in [-0.2, -0.15) is 0 Å². The smallest absolute Gasteiger partial charge is 0.267 e. The lowest BCUT2D eigenvalue weighted by Gasteiger charge is -2.24. The van der Waals surface area contributed by atoms with Crippen LogP contribution < -0.4 is 9.62 Å². The van der Waals surface area contributed by atoms with Crippen molar-refractivity contribution in [3.05, 3.63) is 60.3 Å². The van der Waals surface area contributed by atoms with Gasteiger partial charge in [0.25, 0.3) is 15.9 Å². The number of carbonyl (C=O) groups is 1. The molecular formula is C22H23N3O3S. The van der Waals surface area contributed by atoms with Crippen LogP contribution in [0.2, 0.25) is 0 Å². The number of nitrogens with one attached hydrogen (secondary N) is 2. The van der Waals surface area contributed by atoms with E-state index < -0.39 is 10.0 Å². The summed E-state index contributed by atoms with van der Waals surface area (Å²) in [7, 11) is -3.65. The molecule has 0 spiro atoms. The number of amides is 1. The molecule has 2 saturated carbocycles. The second kappa shape index (κ2) is 6.91. The van der Waals surface area contributed by atoms with E-state index in [4.69, 9.17) is 0 Å². The van der Waals surface area contributed by atoms with Gasteiger partial charge in [-0.1, -0.05) is 18.2 Å². The van der Waals surface area contributed by atoms with E-state index in [2.05, 4.69) is 10.3 Å². The third kappa shape index (κ3) is 3.74. The summed E-state index contributed by atoms with van der Waals surface area (Å²) in [6.07, 6.45) is 4.17. The van der Waals surface area contributed by atoms with E-state index in [1.54, 1.807) is 30.3 Å². The molecule has 0 aliphatic heterocycles. The largest absolute Gasteiger partial charge is 0.351 e. The van der Waals surface area contributed by atoms with Gasteiger partial charge in [-0.05, 0) is 68.0 Å². The van der Waals surface area contributed by atoms with Gasteiger partial charge in [0.15, 0.2) is 0 Å². The minimum atomic E-state index is -3.65. The van der Waals surface area contributed by atoms with E-state index in [9.17, 15) is 13.2 Å². The summed E-state index contributed by atoms with van der Waals surface area (Å²) in [4.78, 5) is 15.8. The second-order valence-electron chi connectivity index (χ2n) is 7.99. The van der Waals surface area contributed by atoms with Gasteiger partial charge >= 0.3 is 0 Å². The van der Waals surface area contributed by atoms with Gasteiger partial charge in [0.2, 0.25) is 0 Å². The third-order valence-corrected chi connectivity index (χ3v) is 7.31. The zero-order valence-corrected chi connectivity index (χ0v) is 16.8. The Balaban J connectivity index is 1.50. The molecule has 5 rings (SSSR count). The topological polar surface area (TPSA) is 82.3 Å². The lowest BCUT2D eigenvalue weighted by Crippen LogP contribution is -2.32. The number of fused-ring (bicyclic) bond motifs is 1. The molecule has 2 aromatic carbocycles. The summed E-state index contributed by atoms with van der Waals surface area (Å²) >= 11 is 0. The molecule has 3 aromatic rings. The molecule has 0 saturated heterocycles. The van der Waals surface area contributed by atoms with Crippen molar-refractivity contribution in [1.29, 1.82) is 0 Å². The van der Waals surface area contributed by atoms with Crippen LogP contribution in [-0.4, -0.2) is 31.9 Å². The Bertz CT molecular complexity index is 1160. The van der Waals surface area contributed by atoms with Crippen molar-refractivity contribution in [2.45, 2.75) is 36.6 Å². The number of sulfonamides is 1. The SMILES string of the molecule is O=C(NC1CC1)c1cc2cc(N(CC3CC3)S(=O)(=O)c3ccccc3)ccc2[nH]1. The zero-order valence-electron chi connectivity index (χ0n) is 16.0. The van der Waals surface area contributed by atoms with E-state index in [1.807, 2.05) is 24.3 Å². The summed E-state index contributed by atoms with van der Waals surface area (Å²) in [5.74, 6) is 0.285. The number of H-pyrrole nitrogens is 1. The molecule has 1 heterocycles. The van der Waals surface area contributed by atoms with Crippen LogP contribution in [0.5, 0.6) is 0 Å². The molecule has 2 aliphatic rings. The number of aromatic amines is 1. The highest BCUT2D eigenvalue weighted by Gasteiger charge is 2.32. The predicted molar refractivity (Wildman–Crippen MR) is 112 cm³/mol. The summed E-state index contributed by atoms with van der Waals surface area (Å²) in [5.41, 5.74) is 1.95. The third-order valence-electron chi connectivity index (χ3n) is 5.50. The number of hydrogen-bond donors (Lipinski definition) is 2. The number of anilines is 1. The normalized spacial score (nSPS) is 16.7. The molecular weight excluding hydrogens is 386 g/mol. The van der Waals surface area contributed by atoms with Gasteiger partial charge < -0.3 is 10.3 Å². The first-order valence-electron chi connectivity index (χ1n) is 10.0. The van der Waals surface area contributed by atoms with Crippen LogP contribution in [0.25, 0.3) is 10.9 Å². The van der Waals surface area contributed by atoms with Crippen LogP contribution in [0.1, 0.15) is 36.2 Å². The van der Waals surface area contributed by atoms with E-state index in [0.717, 1.165) is 36.6 Å². The first-order chi connectivity index (χ1) is 14.0. The fourth-order valence-corrected chi connectivity index (χ4v) is 5.04. The molecule has 0 unspecified atom stereocenters. The number of hydrogen-bond acceptors (Lipinski definition) is 3. The van der Waals surface area contributed by atoms with Gasteiger partial charge in [-0.25, -0.2) is 8.42 Å². The van der Waals surface area contributed by atoms with Gasteiger partial charge in [-0.3, -0.25) is 9.10 Å². The van der Waals surface area contributed by atoms with Crippen LogP contribution >= 0.6 is 0 Å². The Labute approximate surface area is 170 Å². The van der Waals surface area contributed by atoms with Crippen LogP contribution in [-0.2, 0) is 10.0 Å². The molecule has 2 aliphatic carbocycles. The van der Waals surface area contributed by atoms with Crippen molar-refractivity contribution in [1.82, 2.24) is 10.3 Å². The quantitative estimate of drug-likeness (QED) is 0.625. The molecule has 0 radical (unpaired) electrons. The highest BCUT2D eigenvalue weighted by atomic mass is 32.2. The van der Waals surface area contributed by atoms with Crippen LogP contribution in [0, 0.1) is 5.92 Å². The first kappa shape index (κ1) is 18.2. The zero-order chi connectivity index (χ0) is 20.0. The standard InChI is InChI=1S/C22H23N3O3S/c26-22(23-17-8-9-17)21-13-16-12-18(10-11-20(16)24-21)25(14-15-6-7-15)29(27,28)19-4-2-1-3-5-19/h1-5,10-13,15,17,24H,6-9,14H2,(H,23,26). The maximum absolute atomic E-state index is 13.3. The van der Waals surface area contributed by atoms with Crippen molar-refractivity contribution in [2.24, 2.45) is 5.92 Å². The maximum atomic E-state index is 13.3. The molecule has 1 aromatic heterocycles. The van der Waals surface area contributed by atoms with Crippen LogP contribution in [0.15, 0.2) is 59.5 Å². The van der Waals surface area contributed by atoms with Crippen molar-refractivity contribution >= 4 is 32.5 Å². The van der Waals surface area contributed by atoms with Crippen molar-refractivity contribution in [2.75, 3.05) is 10.8 Å². The second-order valence-corrected chi connectivity index (χ2v) is 9.86. The average molecular weight is 410 g/mol. The van der Waals surface area contributed by atoms with Crippen molar-refractivity contribution in [3.8, 4) is 0 Å². The number of aromatic nitrogens is 1. The van der Waals surface area contributed by atoms with E-state index in [0.29, 0.717) is 28.7 Å². The predicted octanol–water partition coefficient (Wildman–Crippen LogP) is 3.67. The average Bonchev–Trinajstić information content (AvgIpc) is 3.65. The fraction of sp³-hybridized carbons (Fsp3) is 0.318. The van der Waals surface area contributed by atoms with Crippen LogP contribution in [0.3, 0.4) is 0 Å². The van der Waals surface area contributed by atoms with Crippen LogP contribution in [0.4, 0.5) is 5.69 Å². The lowest BCUT2D eigenvalue weighted by molar-refractivity contribution is 0.0947. The van der Waals surface area contributed by atoms with E-state index >= 15 is 0 Å². The summed E-state index contributed by atoms with van der Waals surface area (Å²) in [6, 6.07) is 16.1. The Hall–Kier alpha value is -2.80. The molecule has 0 bridgehead atoms.